The number of methoxy groups -OCH3 is 4. The van der Waals surface area contributed by atoms with E-state index in [0.717, 1.165) is 0 Å². The summed E-state index contributed by atoms with van der Waals surface area (Å²) in [5.74, 6) is 9.42. The van der Waals surface area contributed by atoms with Crippen LogP contribution in [0.4, 0.5) is 0 Å². The van der Waals surface area contributed by atoms with Crippen LogP contribution in [0, 0.1) is 23.7 Å². The van der Waals surface area contributed by atoms with Crippen molar-refractivity contribution in [2.24, 2.45) is 31.8 Å². The van der Waals surface area contributed by atoms with Gasteiger partial charge < -0.3 is 18.9 Å². The molecule has 0 unspecified atom stereocenters. The van der Waals surface area contributed by atoms with E-state index in [1.807, 2.05) is 12.2 Å². The first-order valence-corrected chi connectivity index (χ1v) is 12.9. The van der Waals surface area contributed by atoms with Gasteiger partial charge in [0.1, 0.15) is 17.6 Å². The summed E-state index contributed by atoms with van der Waals surface area (Å²) < 4.78 is 22.7. The molecule has 0 saturated carbocycles. The molecule has 2 aliphatic heterocycles. The second-order valence-corrected chi connectivity index (χ2v) is 10.0. The standard InChI is InChI=1S/C29H44N4O4/c1-11-16-28(26(36-9)30-22(20(3)4)24(32-28)34-7)18-14-13-15-19-29(17-12-2)27(37-10)31-23(21(5)6)25(33-29)35-8/h11-12,20-23H,1-2,14,16-19H2,3-10H3/t22-,23-,28-,29-/m1/s1. The summed E-state index contributed by atoms with van der Waals surface area (Å²) >= 11 is 0. The van der Waals surface area contributed by atoms with Gasteiger partial charge in [-0.1, -0.05) is 39.8 Å². The molecule has 2 rings (SSSR count). The molecule has 0 N–H and O–H groups in total. The van der Waals surface area contributed by atoms with Gasteiger partial charge in [0.15, 0.2) is 5.54 Å². The van der Waals surface area contributed by atoms with Gasteiger partial charge in [0.2, 0.25) is 23.6 Å². The number of rotatable bonds is 9. The Kier molecular flexibility index (Phi) is 11.0. The maximum atomic E-state index is 5.73. The SMILES string of the molecule is C=CC[C@]1(CCC#CC[C@@]2(CC=C)N=C(OC)[C@@H](C(C)C)N=C2OC)N=C(OC)[C@@H](C(C)C)N=C1OC. The molecule has 37 heavy (non-hydrogen) atoms. The summed E-state index contributed by atoms with van der Waals surface area (Å²) in [7, 11) is 6.52. The average Bonchev–Trinajstić information content (AvgIpc) is 2.87. The molecule has 0 amide bonds. The van der Waals surface area contributed by atoms with Crippen molar-refractivity contribution in [1.82, 2.24) is 0 Å². The molecule has 0 aromatic rings. The Labute approximate surface area is 223 Å². The molecule has 0 radical (unpaired) electrons. The number of hydrogen-bond acceptors (Lipinski definition) is 8. The average molecular weight is 513 g/mol. The second-order valence-electron chi connectivity index (χ2n) is 10.0. The first-order chi connectivity index (χ1) is 17.7. The fourth-order valence-electron chi connectivity index (χ4n) is 4.70. The summed E-state index contributed by atoms with van der Waals surface area (Å²) in [6, 6.07) is -0.367. The van der Waals surface area contributed by atoms with Crippen molar-refractivity contribution < 1.29 is 18.9 Å². The lowest BCUT2D eigenvalue weighted by molar-refractivity contribution is 0.298. The molecule has 0 aliphatic carbocycles. The molecule has 0 bridgehead atoms. The number of hydrogen-bond donors (Lipinski definition) is 0. The van der Waals surface area contributed by atoms with Gasteiger partial charge in [-0.05, 0) is 24.7 Å². The van der Waals surface area contributed by atoms with Crippen LogP contribution in [0.3, 0.4) is 0 Å². The van der Waals surface area contributed by atoms with E-state index in [1.54, 1.807) is 28.4 Å². The summed E-state index contributed by atoms with van der Waals surface area (Å²) in [5, 5.41) is 0. The number of nitrogens with zero attached hydrogens (tertiary/aromatic N) is 4. The van der Waals surface area contributed by atoms with Crippen molar-refractivity contribution in [3.05, 3.63) is 25.3 Å². The topological polar surface area (TPSA) is 86.4 Å². The van der Waals surface area contributed by atoms with Crippen LogP contribution in [0.25, 0.3) is 0 Å². The van der Waals surface area contributed by atoms with Crippen molar-refractivity contribution in [3.8, 4) is 11.8 Å². The van der Waals surface area contributed by atoms with Crippen LogP contribution in [0.2, 0.25) is 0 Å². The van der Waals surface area contributed by atoms with Gasteiger partial charge in [0.25, 0.3) is 0 Å². The van der Waals surface area contributed by atoms with Crippen molar-refractivity contribution in [2.45, 2.75) is 83.0 Å². The quantitative estimate of drug-likeness (QED) is 0.320. The zero-order chi connectivity index (χ0) is 27.6. The van der Waals surface area contributed by atoms with Gasteiger partial charge in [0.05, 0.1) is 28.4 Å². The summed E-state index contributed by atoms with van der Waals surface area (Å²) in [6.07, 6.45) is 6.36. The van der Waals surface area contributed by atoms with E-state index < -0.39 is 11.1 Å². The van der Waals surface area contributed by atoms with Crippen LogP contribution in [-0.4, -0.2) is 75.2 Å². The molecule has 4 atom stereocenters. The lowest BCUT2D eigenvalue weighted by Gasteiger charge is -2.35. The highest BCUT2D eigenvalue weighted by atomic mass is 16.5. The zero-order valence-electron chi connectivity index (χ0n) is 23.8. The van der Waals surface area contributed by atoms with Crippen LogP contribution in [0.1, 0.15) is 59.8 Å². The largest absolute Gasteiger partial charge is 0.483 e. The van der Waals surface area contributed by atoms with Crippen LogP contribution in [0.15, 0.2) is 45.3 Å². The highest BCUT2D eigenvalue weighted by molar-refractivity contribution is 5.98. The minimum atomic E-state index is -0.769. The van der Waals surface area contributed by atoms with Crippen LogP contribution >= 0.6 is 0 Å². The predicted molar refractivity (Wildman–Crippen MR) is 152 cm³/mol. The van der Waals surface area contributed by atoms with Gasteiger partial charge in [-0.15, -0.1) is 25.0 Å². The minimum Gasteiger partial charge on any atom is -0.483 e. The molecule has 204 valence electrons. The highest BCUT2D eigenvalue weighted by Crippen LogP contribution is 2.33. The van der Waals surface area contributed by atoms with Crippen molar-refractivity contribution >= 4 is 23.6 Å². The van der Waals surface area contributed by atoms with E-state index in [0.29, 0.717) is 55.7 Å². The fourth-order valence-corrected chi connectivity index (χ4v) is 4.70. The van der Waals surface area contributed by atoms with Gasteiger partial charge in [-0.2, -0.15) is 0 Å². The van der Waals surface area contributed by atoms with Gasteiger partial charge >= 0.3 is 0 Å². The summed E-state index contributed by atoms with van der Waals surface area (Å²) in [5.41, 5.74) is -1.47. The zero-order valence-corrected chi connectivity index (χ0v) is 23.8. The smallest absolute Gasteiger partial charge is 0.214 e. The third-order valence-electron chi connectivity index (χ3n) is 6.66. The summed E-state index contributed by atoms with van der Waals surface area (Å²) in [4.78, 5) is 19.6. The Morgan fingerprint density at radius 2 is 1.22 bits per heavy atom. The van der Waals surface area contributed by atoms with Gasteiger partial charge in [-0.25, -0.2) is 20.0 Å². The van der Waals surface area contributed by atoms with E-state index >= 15 is 0 Å². The Balaban J connectivity index is 2.32. The van der Waals surface area contributed by atoms with Crippen molar-refractivity contribution in [1.29, 1.82) is 0 Å². The van der Waals surface area contributed by atoms with Crippen LogP contribution in [-0.2, 0) is 18.9 Å². The monoisotopic (exact) mass is 512 g/mol. The Morgan fingerprint density at radius 3 is 1.65 bits per heavy atom. The molecule has 0 fully saturated rings. The molecular formula is C29H44N4O4. The lowest BCUT2D eigenvalue weighted by Crippen LogP contribution is -2.46. The van der Waals surface area contributed by atoms with Crippen LogP contribution < -0.4 is 0 Å². The molecule has 8 heteroatoms. The molecule has 2 aliphatic rings. The second kappa shape index (κ2) is 13.5. The maximum Gasteiger partial charge on any atom is 0.214 e. The Hall–Kier alpha value is -3.08. The molecule has 0 saturated heterocycles. The van der Waals surface area contributed by atoms with Crippen molar-refractivity contribution in [3.63, 3.8) is 0 Å². The molecule has 2 heterocycles. The number of ether oxygens (including phenoxy) is 4. The Bertz CT molecular complexity index is 1000. The molecular weight excluding hydrogens is 468 g/mol. The molecule has 0 aromatic carbocycles. The first kappa shape index (κ1) is 30.1. The van der Waals surface area contributed by atoms with Gasteiger partial charge in [0, 0.05) is 19.3 Å². The van der Waals surface area contributed by atoms with E-state index in [4.69, 9.17) is 38.9 Å². The predicted octanol–water partition coefficient (Wildman–Crippen LogP) is 5.05. The summed E-state index contributed by atoms with van der Waals surface area (Å²) in [6.45, 7) is 16.2. The van der Waals surface area contributed by atoms with Crippen LogP contribution in [0.5, 0.6) is 0 Å². The third-order valence-corrected chi connectivity index (χ3v) is 6.66. The third kappa shape index (κ3) is 6.63. The Morgan fingerprint density at radius 1 is 0.757 bits per heavy atom. The molecule has 8 nitrogen and oxygen atoms in total. The maximum absolute atomic E-state index is 5.73. The fraction of sp³-hybridized carbons (Fsp3) is 0.655. The van der Waals surface area contributed by atoms with E-state index in [9.17, 15) is 0 Å². The molecule has 0 spiro atoms. The first-order valence-electron chi connectivity index (χ1n) is 12.9. The molecule has 0 aromatic heterocycles. The minimum absolute atomic E-state index is 0.178. The normalized spacial score (nSPS) is 27.2. The van der Waals surface area contributed by atoms with Gasteiger partial charge in [-0.3, -0.25) is 0 Å². The van der Waals surface area contributed by atoms with E-state index in [2.05, 4.69) is 52.7 Å². The lowest BCUT2D eigenvalue weighted by atomic mass is 9.87. The number of aliphatic imine (C=N–C) groups is 4. The highest BCUT2D eigenvalue weighted by Gasteiger charge is 2.43. The van der Waals surface area contributed by atoms with Crippen molar-refractivity contribution in [2.75, 3.05) is 28.4 Å². The van der Waals surface area contributed by atoms with E-state index in [-0.39, 0.29) is 23.9 Å². The van der Waals surface area contributed by atoms with E-state index in [1.165, 1.54) is 0 Å².